The lowest BCUT2D eigenvalue weighted by atomic mass is 10.1. The van der Waals surface area contributed by atoms with Crippen molar-refractivity contribution in [3.05, 3.63) is 46.7 Å². The van der Waals surface area contributed by atoms with Crippen molar-refractivity contribution < 1.29 is 9.69 Å². The van der Waals surface area contributed by atoms with Crippen LogP contribution in [0.2, 0.25) is 5.02 Å². The van der Waals surface area contributed by atoms with Crippen molar-refractivity contribution in [2.45, 2.75) is 19.8 Å². The summed E-state index contributed by atoms with van der Waals surface area (Å²) >= 11 is 6.28. The van der Waals surface area contributed by atoms with Crippen molar-refractivity contribution in [1.29, 1.82) is 0 Å². The molecule has 1 aromatic heterocycles. The number of aromatic nitrogens is 2. The molecular formula is C17H24ClN4O+. The number of hydrogen-bond donors (Lipinski definition) is 2. The number of nitrogens with one attached hydrogen (secondary N) is 2. The maximum absolute atomic E-state index is 12.5. The molecule has 2 N–H and O–H groups in total. The van der Waals surface area contributed by atoms with Gasteiger partial charge in [-0.2, -0.15) is 5.10 Å². The number of quaternary nitrogens is 1. The van der Waals surface area contributed by atoms with Gasteiger partial charge in [-0.15, -0.1) is 0 Å². The number of para-hydroxylation sites is 1. The predicted molar refractivity (Wildman–Crippen MR) is 92.7 cm³/mol. The minimum Gasteiger partial charge on any atom is -0.346 e. The van der Waals surface area contributed by atoms with Gasteiger partial charge in [0.25, 0.3) is 5.91 Å². The number of carbonyl (C=O) groups excluding carboxylic acids is 1. The molecule has 1 heterocycles. The van der Waals surface area contributed by atoms with Crippen molar-refractivity contribution in [3.8, 4) is 5.69 Å². The van der Waals surface area contributed by atoms with E-state index in [0.717, 1.165) is 17.9 Å². The molecule has 23 heavy (non-hydrogen) atoms. The molecule has 0 aliphatic rings. The SMILES string of the molecule is CC(C)c1c(C(=O)NCC[NH+](C)C)cnn1-c1ccccc1Cl. The van der Waals surface area contributed by atoms with E-state index in [9.17, 15) is 4.79 Å². The zero-order valence-electron chi connectivity index (χ0n) is 14.1. The van der Waals surface area contributed by atoms with E-state index in [-0.39, 0.29) is 11.8 Å². The van der Waals surface area contributed by atoms with Gasteiger partial charge in [-0.05, 0) is 18.1 Å². The second-order valence-electron chi connectivity index (χ2n) is 6.17. The summed E-state index contributed by atoms with van der Waals surface area (Å²) < 4.78 is 1.76. The Labute approximate surface area is 142 Å². The van der Waals surface area contributed by atoms with Crippen LogP contribution in [0.5, 0.6) is 0 Å². The Bertz CT molecular complexity index is 679. The third-order valence-corrected chi connectivity index (χ3v) is 3.91. The van der Waals surface area contributed by atoms with E-state index >= 15 is 0 Å². The average molecular weight is 336 g/mol. The van der Waals surface area contributed by atoms with Crippen LogP contribution < -0.4 is 10.2 Å². The molecular weight excluding hydrogens is 312 g/mol. The van der Waals surface area contributed by atoms with Crippen LogP contribution in [0, 0.1) is 0 Å². The summed E-state index contributed by atoms with van der Waals surface area (Å²) in [6, 6.07) is 7.51. The van der Waals surface area contributed by atoms with Crippen LogP contribution in [-0.4, -0.2) is 42.9 Å². The van der Waals surface area contributed by atoms with Gasteiger partial charge in [0.1, 0.15) is 0 Å². The number of hydrogen-bond acceptors (Lipinski definition) is 2. The summed E-state index contributed by atoms with van der Waals surface area (Å²) in [5.41, 5.74) is 2.26. The monoisotopic (exact) mass is 335 g/mol. The Morgan fingerprint density at radius 1 is 1.35 bits per heavy atom. The fourth-order valence-corrected chi connectivity index (χ4v) is 2.64. The van der Waals surface area contributed by atoms with Crippen LogP contribution in [0.3, 0.4) is 0 Å². The molecule has 0 saturated heterocycles. The molecule has 0 aliphatic heterocycles. The number of benzene rings is 1. The zero-order valence-corrected chi connectivity index (χ0v) is 14.8. The van der Waals surface area contributed by atoms with E-state index in [1.165, 1.54) is 4.90 Å². The second kappa shape index (κ2) is 7.62. The van der Waals surface area contributed by atoms with Gasteiger partial charge in [-0.25, -0.2) is 4.68 Å². The van der Waals surface area contributed by atoms with Gasteiger partial charge in [-0.1, -0.05) is 37.6 Å². The number of carbonyl (C=O) groups is 1. The van der Waals surface area contributed by atoms with Crippen LogP contribution in [0.25, 0.3) is 5.69 Å². The van der Waals surface area contributed by atoms with Crippen molar-refractivity contribution in [3.63, 3.8) is 0 Å². The van der Waals surface area contributed by atoms with Crippen LogP contribution in [-0.2, 0) is 0 Å². The largest absolute Gasteiger partial charge is 0.346 e. The van der Waals surface area contributed by atoms with Gasteiger partial charge in [-0.3, -0.25) is 4.79 Å². The zero-order chi connectivity index (χ0) is 17.0. The Morgan fingerprint density at radius 2 is 2.04 bits per heavy atom. The van der Waals surface area contributed by atoms with Crippen LogP contribution in [0.1, 0.15) is 35.8 Å². The van der Waals surface area contributed by atoms with E-state index in [2.05, 4.69) is 24.5 Å². The van der Waals surface area contributed by atoms with Crippen molar-refractivity contribution in [1.82, 2.24) is 15.1 Å². The van der Waals surface area contributed by atoms with Gasteiger partial charge in [0.2, 0.25) is 0 Å². The first kappa shape index (κ1) is 17.5. The van der Waals surface area contributed by atoms with E-state index in [1.54, 1.807) is 10.9 Å². The first-order valence-corrected chi connectivity index (χ1v) is 8.19. The molecule has 5 nitrogen and oxygen atoms in total. The summed E-state index contributed by atoms with van der Waals surface area (Å²) in [7, 11) is 4.11. The molecule has 0 radical (unpaired) electrons. The van der Waals surface area contributed by atoms with Gasteiger partial charge >= 0.3 is 0 Å². The minimum atomic E-state index is -0.0896. The Kier molecular flexibility index (Phi) is 5.80. The third-order valence-electron chi connectivity index (χ3n) is 3.59. The molecule has 6 heteroatoms. The maximum atomic E-state index is 12.5. The summed E-state index contributed by atoms with van der Waals surface area (Å²) in [4.78, 5) is 13.8. The molecule has 2 aromatic rings. The normalized spacial score (nSPS) is 11.3. The van der Waals surface area contributed by atoms with Crippen molar-refractivity contribution >= 4 is 17.5 Å². The fraction of sp³-hybridized carbons (Fsp3) is 0.412. The van der Waals surface area contributed by atoms with Crippen LogP contribution >= 0.6 is 11.6 Å². The van der Waals surface area contributed by atoms with Gasteiger partial charge in [0, 0.05) is 0 Å². The molecule has 1 aromatic carbocycles. The molecule has 0 spiro atoms. The molecule has 1 amide bonds. The van der Waals surface area contributed by atoms with E-state index < -0.39 is 0 Å². The summed E-state index contributed by atoms with van der Waals surface area (Å²) in [6.45, 7) is 5.60. The smallest absolute Gasteiger partial charge is 0.254 e. The summed E-state index contributed by atoms with van der Waals surface area (Å²) in [6.07, 6.45) is 1.62. The van der Waals surface area contributed by atoms with Gasteiger partial charge in [0.05, 0.1) is 55.3 Å². The lowest BCUT2D eigenvalue weighted by Crippen LogP contribution is -3.06. The van der Waals surface area contributed by atoms with E-state index in [1.807, 2.05) is 38.1 Å². The van der Waals surface area contributed by atoms with E-state index in [0.29, 0.717) is 17.1 Å². The number of nitrogens with zero attached hydrogens (tertiary/aromatic N) is 2. The Morgan fingerprint density at radius 3 is 2.65 bits per heavy atom. The van der Waals surface area contributed by atoms with Gasteiger partial charge in [0.15, 0.2) is 0 Å². The Balaban J connectivity index is 2.32. The molecule has 0 unspecified atom stereocenters. The summed E-state index contributed by atoms with van der Waals surface area (Å²) in [5, 5.41) is 7.97. The number of amides is 1. The highest BCUT2D eigenvalue weighted by atomic mass is 35.5. The van der Waals surface area contributed by atoms with E-state index in [4.69, 9.17) is 11.6 Å². The number of halogens is 1. The van der Waals surface area contributed by atoms with Crippen molar-refractivity contribution in [2.24, 2.45) is 0 Å². The van der Waals surface area contributed by atoms with Crippen LogP contribution in [0.4, 0.5) is 0 Å². The molecule has 0 aliphatic carbocycles. The lowest BCUT2D eigenvalue weighted by Gasteiger charge is -2.14. The number of likely N-dealkylation sites (N-methyl/N-ethyl adjacent to an activating group) is 1. The quantitative estimate of drug-likeness (QED) is 0.841. The maximum Gasteiger partial charge on any atom is 0.254 e. The van der Waals surface area contributed by atoms with Crippen molar-refractivity contribution in [2.75, 3.05) is 27.2 Å². The lowest BCUT2D eigenvalue weighted by molar-refractivity contribution is -0.856. The summed E-state index contributed by atoms with van der Waals surface area (Å²) in [5.74, 6) is 0.0576. The highest BCUT2D eigenvalue weighted by Crippen LogP contribution is 2.26. The molecule has 0 bridgehead atoms. The highest BCUT2D eigenvalue weighted by Gasteiger charge is 2.21. The molecule has 0 atom stereocenters. The van der Waals surface area contributed by atoms with Crippen LogP contribution in [0.15, 0.2) is 30.5 Å². The molecule has 2 rings (SSSR count). The topological polar surface area (TPSA) is 51.4 Å². The van der Waals surface area contributed by atoms with Gasteiger partial charge < -0.3 is 10.2 Å². The molecule has 124 valence electrons. The first-order valence-electron chi connectivity index (χ1n) is 7.82. The first-order chi connectivity index (χ1) is 10.9. The fourth-order valence-electron chi connectivity index (χ4n) is 2.43. The molecule has 0 fully saturated rings. The Hall–Kier alpha value is -1.85. The molecule has 0 saturated carbocycles. The standard InChI is InChI=1S/C17H23ClN4O/c1-12(2)16-13(17(23)19-9-10-21(3)4)11-20-22(16)15-8-6-5-7-14(15)18/h5-8,11-12H,9-10H2,1-4H3,(H,19,23)/p+1. The third kappa shape index (κ3) is 4.12. The second-order valence-corrected chi connectivity index (χ2v) is 6.58. The predicted octanol–water partition coefficient (Wildman–Crippen LogP) is 1.52. The number of rotatable bonds is 6. The highest BCUT2D eigenvalue weighted by molar-refractivity contribution is 6.32. The minimum absolute atomic E-state index is 0.0896. The average Bonchev–Trinajstić information content (AvgIpc) is 2.92.